The molecule has 2 heterocycles. The van der Waals surface area contributed by atoms with Gasteiger partial charge in [0.1, 0.15) is 0 Å². The molecule has 1 aromatic carbocycles. The molecule has 29 heavy (non-hydrogen) atoms. The van der Waals surface area contributed by atoms with E-state index in [0.717, 1.165) is 33.3 Å². The number of benzene rings is 1. The zero-order chi connectivity index (χ0) is 21.1. The van der Waals surface area contributed by atoms with E-state index in [4.69, 9.17) is 0 Å². The Morgan fingerprint density at radius 1 is 1.14 bits per heavy atom. The quantitative estimate of drug-likeness (QED) is 0.600. The summed E-state index contributed by atoms with van der Waals surface area (Å²) in [6, 6.07) is 7.79. The lowest BCUT2D eigenvalue weighted by Crippen LogP contribution is -2.34. The number of anilines is 1. The van der Waals surface area contributed by atoms with Crippen LogP contribution in [0.5, 0.6) is 0 Å². The van der Waals surface area contributed by atoms with Crippen molar-refractivity contribution in [3.63, 3.8) is 0 Å². The second kappa shape index (κ2) is 8.71. The average molecular weight is 411 g/mol. The first-order chi connectivity index (χ1) is 13.8. The molecule has 0 bridgehead atoms. The van der Waals surface area contributed by atoms with Crippen LogP contribution in [0, 0.1) is 27.7 Å². The number of Topliss-reactive ketones (excluding diaryl/α,β-unsaturated/α-hetero) is 1. The number of para-hydroxylation sites is 1. The highest BCUT2D eigenvalue weighted by Crippen LogP contribution is 2.23. The van der Waals surface area contributed by atoms with Crippen molar-refractivity contribution in [2.24, 2.45) is 0 Å². The fourth-order valence-electron chi connectivity index (χ4n) is 3.49. The van der Waals surface area contributed by atoms with Crippen molar-refractivity contribution in [2.75, 3.05) is 25.5 Å². The molecule has 0 unspecified atom stereocenters. The molecule has 2 aromatic heterocycles. The van der Waals surface area contributed by atoms with Crippen molar-refractivity contribution in [2.45, 2.75) is 27.7 Å². The number of amides is 1. The Bertz CT molecular complexity index is 1020. The van der Waals surface area contributed by atoms with Gasteiger partial charge < -0.3 is 5.32 Å². The van der Waals surface area contributed by atoms with Crippen LogP contribution in [-0.2, 0) is 4.79 Å². The van der Waals surface area contributed by atoms with Crippen molar-refractivity contribution in [3.05, 3.63) is 63.9 Å². The monoisotopic (exact) mass is 410 g/mol. The maximum Gasteiger partial charge on any atom is 0.238 e. The Morgan fingerprint density at radius 2 is 1.83 bits per heavy atom. The number of nitrogens with zero attached hydrogens (tertiary/aromatic N) is 3. The fraction of sp³-hybridized carbons (Fsp3) is 0.318. The SMILES string of the molecule is Cc1cccc(C)c1NC(=O)CN(C)CC(=O)c1cc(C)n(-c2nccs2)c1C. The van der Waals surface area contributed by atoms with E-state index in [9.17, 15) is 9.59 Å². The molecule has 3 rings (SSSR count). The topological polar surface area (TPSA) is 67.2 Å². The van der Waals surface area contributed by atoms with E-state index in [2.05, 4.69) is 10.3 Å². The molecular weight excluding hydrogens is 384 g/mol. The van der Waals surface area contributed by atoms with Gasteiger partial charge in [-0.25, -0.2) is 4.98 Å². The van der Waals surface area contributed by atoms with Crippen LogP contribution in [-0.4, -0.2) is 46.3 Å². The molecule has 1 amide bonds. The zero-order valence-electron chi connectivity index (χ0n) is 17.4. The van der Waals surface area contributed by atoms with Crippen LogP contribution < -0.4 is 5.32 Å². The Labute approximate surface area is 175 Å². The van der Waals surface area contributed by atoms with Crippen LogP contribution in [0.1, 0.15) is 32.9 Å². The molecule has 0 atom stereocenters. The maximum atomic E-state index is 12.9. The van der Waals surface area contributed by atoms with Gasteiger partial charge in [0, 0.05) is 34.2 Å². The van der Waals surface area contributed by atoms with Gasteiger partial charge in [-0.3, -0.25) is 19.1 Å². The van der Waals surface area contributed by atoms with Crippen LogP contribution >= 0.6 is 11.3 Å². The molecule has 1 N–H and O–H groups in total. The number of aromatic nitrogens is 2. The van der Waals surface area contributed by atoms with E-state index in [1.165, 1.54) is 11.3 Å². The molecule has 0 aliphatic heterocycles. The summed E-state index contributed by atoms with van der Waals surface area (Å²) in [4.78, 5) is 31.4. The summed E-state index contributed by atoms with van der Waals surface area (Å²) < 4.78 is 1.99. The van der Waals surface area contributed by atoms with Gasteiger partial charge in [-0.1, -0.05) is 18.2 Å². The number of carbonyl (C=O) groups excluding carboxylic acids is 2. The number of carbonyl (C=O) groups is 2. The van der Waals surface area contributed by atoms with Gasteiger partial charge >= 0.3 is 0 Å². The van der Waals surface area contributed by atoms with Crippen LogP contribution in [0.3, 0.4) is 0 Å². The highest BCUT2D eigenvalue weighted by atomic mass is 32.1. The first kappa shape index (κ1) is 21.0. The van der Waals surface area contributed by atoms with Crippen LogP contribution in [0.15, 0.2) is 35.8 Å². The van der Waals surface area contributed by atoms with Crippen LogP contribution in [0.4, 0.5) is 5.69 Å². The lowest BCUT2D eigenvalue weighted by Gasteiger charge is -2.17. The minimum Gasteiger partial charge on any atom is -0.324 e. The third-order valence-corrected chi connectivity index (χ3v) is 5.67. The predicted molar refractivity (Wildman–Crippen MR) is 117 cm³/mol. The van der Waals surface area contributed by atoms with Gasteiger partial charge in [0.2, 0.25) is 5.91 Å². The smallest absolute Gasteiger partial charge is 0.238 e. The van der Waals surface area contributed by atoms with E-state index >= 15 is 0 Å². The summed E-state index contributed by atoms with van der Waals surface area (Å²) in [6.07, 6.45) is 1.75. The van der Waals surface area contributed by atoms with Gasteiger partial charge in [-0.2, -0.15) is 0 Å². The molecule has 6 nitrogen and oxygen atoms in total. The molecule has 3 aromatic rings. The number of hydrogen-bond donors (Lipinski definition) is 1. The molecular formula is C22H26N4O2S. The van der Waals surface area contributed by atoms with Crippen molar-refractivity contribution in [1.29, 1.82) is 0 Å². The summed E-state index contributed by atoms with van der Waals surface area (Å²) in [5.41, 5.74) is 5.38. The van der Waals surface area contributed by atoms with E-state index in [0.29, 0.717) is 5.56 Å². The van der Waals surface area contributed by atoms with Crippen molar-refractivity contribution >= 4 is 28.7 Å². The third-order valence-electron chi connectivity index (χ3n) is 4.91. The minimum absolute atomic E-state index is 0.0109. The van der Waals surface area contributed by atoms with Gasteiger partial charge in [0.15, 0.2) is 10.9 Å². The van der Waals surface area contributed by atoms with Crippen molar-refractivity contribution in [1.82, 2.24) is 14.5 Å². The molecule has 0 spiro atoms. The summed E-state index contributed by atoms with van der Waals surface area (Å²) in [5, 5.41) is 5.73. The molecule has 7 heteroatoms. The van der Waals surface area contributed by atoms with Gasteiger partial charge in [-0.15, -0.1) is 11.3 Å². The van der Waals surface area contributed by atoms with Crippen molar-refractivity contribution in [3.8, 4) is 5.13 Å². The third kappa shape index (κ3) is 4.63. The summed E-state index contributed by atoms with van der Waals surface area (Å²) in [5.74, 6) is -0.144. The summed E-state index contributed by atoms with van der Waals surface area (Å²) in [7, 11) is 1.78. The molecule has 0 saturated carbocycles. The molecule has 152 valence electrons. The number of rotatable bonds is 7. The molecule has 0 saturated heterocycles. The molecule has 0 aliphatic carbocycles. The first-order valence-corrected chi connectivity index (χ1v) is 10.3. The highest BCUT2D eigenvalue weighted by molar-refractivity contribution is 7.12. The average Bonchev–Trinajstić information content (AvgIpc) is 3.25. The van der Waals surface area contributed by atoms with E-state index in [-0.39, 0.29) is 24.8 Å². The second-order valence-electron chi connectivity index (χ2n) is 7.35. The molecule has 0 fully saturated rings. The van der Waals surface area contributed by atoms with Crippen LogP contribution in [0.2, 0.25) is 0 Å². The predicted octanol–water partition coefficient (Wildman–Crippen LogP) is 3.92. The first-order valence-electron chi connectivity index (χ1n) is 9.44. The largest absolute Gasteiger partial charge is 0.324 e. The highest BCUT2D eigenvalue weighted by Gasteiger charge is 2.20. The number of thiazole rings is 1. The maximum absolute atomic E-state index is 12.9. The standard InChI is InChI=1S/C22H26N4O2S/c1-14-7-6-8-15(2)21(14)24-20(28)13-25(5)12-19(27)18-11-16(3)26(17(18)4)22-23-9-10-29-22/h6-11H,12-13H2,1-5H3,(H,24,28). The Hall–Kier alpha value is -2.77. The van der Waals surface area contributed by atoms with Crippen LogP contribution in [0.25, 0.3) is 5.13 Å². The molecule has 0 aliphatic rings. The lowest BCUT2D eigenvalue weighted by atomic mass is 10.1. The summed E-state index contributed by atoms with van der Waals surface area (Å²) in [6.45, 7) is 8.14. The Balaban J connectivity index is 1.65. The molecule has 0 radical (unpaired) electrons. The fourth-order valence-corrected chi connectivity index (χ4v) is 4.24. The lowest BCUT2D eigenvalue weighted by molar-refractivity contribution is -0.116. The summed E-state index contributed by atoms with van der Waals surface area (Å²) >= 11 is 1.53. The number of likely N-dealkylation sites (N-methyl/N-ethyl adjacent to an activating group) is 1. The van der Waals surface area contributed by atoms with E-state index in [1.54, 1.807) is 18.1 Å². The van der Waals surface area contributed by atoms with E-state index in [1.807, 2.05) is 61.9 Å². The number of nitrogens with one attached hydrogen (secondary N) is 1. The normalized spacial score (nSPS) is 11.1. The number of aryl methyl sites for hydroxylation is 3. The van der Waals surface area contributed by atoms with Gasteiger partial charge in [-0.05, 0) is 51.9 Å². The van der Waals surface area contributed by atoms with Gasteiger partial charge in [0.05, 0.1) is 13.1 Å². The Morgan fingerprint density at radius 3 is 2.45 bits per heavy atom. The number of ketones is 1. The van der Waals surface area contributed by atoms with Crippen molar-refractivity contribution < 1.29 is 9.59 Å². The van der Waals surface area contributed by atoms with E-state index < -0.39 is 0 Å². The minimum atomic E-state index is -0.133. The van der Waals surface area contributed by atoms with Gasteiger partial charge in [0.25, 0.3) is 0 Å². The Kier molecular flexibility index (Phi) is 6.30. The zero-order valence-corrected chi connectivity index (χ0v) is 18.3. The number of hydrogen-bond acceptors (Lipinski definition) is 5. The second-order valence-corrected chi connectivity index (χ2v) is 8.22.